The Balaban J connectivity index is 1.96. The highest BCUT2D eigenvalue weighted by Crippen LogP contribution is 2.25. The minimum Gasteiger partial charge on any atom is -0.314 e. The Labute approximate surface area is 121 Å². The Bertz CT molecular complexity index is 380. The number of rotatable bonds is 4. The molecule has 0 aromatic heterocycles. The average molecular weight is 306 g/mol. The van der Waals surface area contributed by atoms with Gasteiger partial charge in [-0.25, -0.2) is 8.42 Å². The molecule has 3 atom stereocenters. The van der Waals surface area contributed by atoms with Crippen LogP contribution in [-0.4, -0.2) is 61.6 Å². The number of sulfone groups is 1. The fraction of sp³-hybridized carbons (Fsp3) is 1.00. The molecular formula is C13H26N2O2S2. The summed E-state index contributed by atoms with van der Waals surface area (Å²) in [5, 5.41) is 3.27. The number of thioether (sulfide) groups is 1. The highest BCUT2D eigenvalue weighted by molar-refractivity contribution is 8.00. The van der Waals surface area contributed by atoms with Crippen LogP contribution in [0.4, 0.5) is 0 Å². The van der Waals surface area contributed by atoms with Crippen molar-refractivity contribution in [3.8, 4) is 0 Å². The second kappa shape index (κ2) is 6.78. The lowest BCUT2D eigenvalue weighted by Gasteiger charge is -2.40. The second-order valence-electron chi connectivity index (χ2n) is 5.83. The van der Waals surface area contributed by atoms with Crippen molar-refractivity contribution >= 4 is 21.6 Å². The first-order valence-corrected chi connectivity index (χ1v) is 10.3. The predicted octanol–water partition coefficient (Wildman–Crippen LogP) is 1.33. The molecule has 4 nitrogen and oxygen atoms in total. The van der Waals surface area contributed by atoms with Crippen molar-refractivity contribution in [1.29, 1.82) is 0 Å². The number of nitrogens with zero attached hydrogens (tertiary/aromatic N) is 1. The van der Waals surface area contributed by atoms with Crippen LogP contribution in [0, 0.1) is 0 Å². The number of nitrogens with one attached hydrogen (secondary N) is 1. The molecule has 0 aromatic carbocycles. The van der Waals surface area contributed by atoms with Crippen molar-refractivity contribution in [2.24, 2.45) is 0 Å². The van der Waals surface area contributed by atoms with Gasteiger partial charge in [-0.3, -0.25) is 4.90 Å². The molecule has 2 heterocycles. The van der Waals surface area contributed by atoms with Crippen LogP contribution in [-0.2, 0) is 9.84 Å². The first kappa shape index (κ1) is 15.6. The lowest BCUT2D eigenvalue weighted by molar-refractivity contribution is 0.176. The molecule has 1 N–H and O–H groups in total. The molecule has 19 heavy (non-hydrogen) atoms. The van der Waals surface area contributed by atoms with E-state index in [2.05, 4.69) is 17.1 Å². The maximum atomic E-state index is 11.9. The van der Waals surface area contributed by atoms with Gasteiger partial charge in [0.15, 0.2) is 9.84 Å². The molecule has 0 aromatic rings. The van der Waals surface area contributed by atoms with E-state index < -0.39 is 9.84 Å². The van der Waals surface area contributed by atoms with Crippen LogP contribution < -0.4 is 5.32 Å². The van der Waals surface area contributed by atoms with Crippen LogP contribution in [0.15, 0.2) is 0 Å². The zero-order valence-corrected chi connectivity index (χ0v) is 13.6. The van der Waals surface area contributed by atoms with E-state index >= 15 is 0 Å². The van der Waals surface area contributed by atoms with Gasteiger partial charge in [-0.05, 0) is 32.7 Å². The van der Waals surface area contributed by atoms with Gasteiger partial charge in [-0.2, -0.15) is 11.8 Å². The lowest BCUT2D eigenvalue weighted by atomic mass is 9.98. The van der Waals surface area contributed by atoms with E-state index in [0.717, 1.165) is 31.0 Å². The Morgan fingerprint density at radius 1 is 1.42 bits per heavy atom. The molecule has 2 fully saturated rings. The summed E-state index contributed by atoms with van der Waals surface area (Å²) in [5.74, 6) is 1.77. The van der Waals surface area contributed by atoms with Gasteiger partial charge in [0.05, 0.1) is 0 Å². The van der Waals surface area contributed by atoms with Gasteiger partial charge in [0.2, 0.25) is 0 Å². The normalized spacial score (nSPS) is 32.1. The highest BCUT2D eigenvalue weighted by Gasteiger charge is 2.34. The molecular weight excluding hydrogens is 280 g/mol. The molecule has 0 amide bonds. The van der Waals surface area contributed by atoms with Crippen molar-refractivity contribution in [3.63, 3.8) is 0 Å². The summed E-state index contributed by atoms with van der Waals surface area (Å²) in [6.07, 6.45) is 6.25. The zero-order valence-electron chi connectivity index (χ0n) is 12.0. The number of piperidine rings is 1. The van der Waals surface area contributed by atoms with Crippen LogP contribution in [0.25, 0.3) is 0 Å². The summed E-state index contributed by atoms with van der Waals surface area (Å²) < 4.78 is 23.8. The van der Waals surface area contributed by atoms with Gasteiger partial charge < -0.3 is 5.32 Å². The summed E-state index contributed by atoms with van der Waals surface area (Å²) in [4.78, 5) is 2.21. The van der Waals surface area contributed by atoms with Crippen LogP contribution >= 0.6 is 11.8 Å². The van der Waals surface area contributed by atoms with Crippen molar-refractivity contribution in [2.75, 3.05) is 30.9 Å². The molecule has 6 heteroatoms. The van der Waals surface area contributed by atoms with Crippen molar-refractivity contribution in [1.82, 2.24) is 10.2 Å². The number of hydrogen-bond acceptors (Lipinski definition) is 5. The molecule has 112 valence electrons. The molecule has 2 aliphatic rings. The predicted molar refractivity (Wildman–Crippen MR) is 82.4 cm³/mol. The van der Waals surface area contributed by atoms with E-state index in [4.69, 9.17) is 0 Å². The first-order chi connectivity index (χ1) is 8.98. The monoisotopic (exact) mass is 306 g/mol. The van der Waals surface area contributed by atoms with E-state index in [9.17, 15) is 8.42 Å². The fourth-order valence-electron chi connectivity index (χ4n) is 3.14. The van der Waals surface area contributed by atoms with E-state index in [1.807, 2.05) is 0 Å². The molecule has 0 saturated carbocycles. The standard InChI is InChI=1S/C13H26N2O2S2/c1-11(9-12-5-3-4-6-14-12)15-7-8-18-10-13(15)19(2,16)17/h11-14H,3-10H2,1-2H3. The Kier molecular flexibility index (Phi) is 5.57. The minimum atomic E-state index is -2.98. The third kappa shape index (κ3) is 4.34. The van der Waals surface area contributed by atoms with Gasteiger partial charge >= 0.3 is 0 Å². The molecule has 2 rings (SSSR count). The summed E-state index contributed by atoms with van der Waals surface area (Å²) >= 11 is 1.76. The van der Waals surface area contributed by atoms with Crippen molar-refractivity contribution in [2.45, 2.75) is 50.1 Å². The van der Waals surface area contributed by atoms with Gasteiger partial charge in [0.25, 0.3) is 0 Å². The van der Waals surface area contributed by atoms with Gasteiger partial charge in [-0.15, -0.1) is 0 Å². The Morgan fingerprint density at radius 3 is 2.84 bits per heavy atom. The molecule has 3 unspecified atom stereocenters. The maximum Gasteiger partial charge on any atom is 0.164 e. The fourth-order valence-corrected chi connectivity index (χ4v) is 6.12. The average Bonchev–Trinajstić information content (AvgIpc) is 2.39. The quantitative estimate of drug-likeness (QED) is 0.849. The lowest BCUT2D eigenvalue weighted by Crippen LogP contribution is -2.52. The van der Waals surface area contributed by atoms with E-state index in [0.29, 0.717) is 12.1 Å². The van der Waals surface area contributed by atoms with Crippen LogP contribution in [0.5, 0.6) is 0 Å². The molecule has 2 saturated heterocycles. The van der Waals surface area contributed by atoms with E-state index in [-0.39, 0.29) is 5.37 Å². The number of hydrogen-bond donors (Lipinski definition) is 1. The summed E-state index contributed by atoms with van der Waals surface area (Å²) in [6.45, 7) is 4.20. The highest BCUT2D eigenvalue weighted by atomic mass is 32.2. The van der Waals surface area contributed by atoms with Crippen molar-refractivity contribution < 1.29 is 8.42 Å². The van der Waals surface area contributed by atoms with Crippen molar-refractivity contribution in [3.05, 3.63) is 0 Å². The molecule has 2 aliphatic heterocycles. The van der Waals surface area contributed by atoms with Crippen LogP contribution in [0.1, 0.15) is 32.6 Å². The van der Waals surface area contributed by atoms with Crippen LogP contribution in [0.3, 0.4) is 0 Å². The molecule has 0 aliphatic carbocycles. The topological polar surface area (TPSA) is 49.4 Å². The third-order valence-corrected chi connectivity index (χ3v) is 6.88. The van der Waals surface area contributed by atoms with Crippen LogP contribution in [0.2, 0.25) is 0 Å². The second-order valence-corrected chi connectivity index (χ2v) is 9.18. The first-order valence-electron chi connectivity index (χ1n) is 7.24. The summed E-state index contributed by atoms with van der Waals surface area (Å²) in [7, 11) is -2.98. The van der Waals surface area contributed by atoms with E-state index in [1.54, 1.807) is 11.8 Å². The van der Waals surface area contributed by atoms with Gasteiger partial charge in [0, 0.05) is 36.4 Å². The van der Waals surface area contributed by atoms with Gasteiger partial charge in [0.1, 0.15) is 5.37 Å². The van der Waals surface area contributed by atoms with E-state index in [1.165, 1.54) is 25.5 Å². The Morgan fingerprint density at radius 2 is 2.21 bits per heavy atom. The third-order valence-electron chi connectivity index (χ3n) is 4.22. The largest absolute Gasteiger partial charge is 0.314 e. The SMILES string of the molecule is CC(CC1CCCCN1)N1CCSCC1S(C)(=O)=O. The molecule has 0 bridgehead atoms. The van der Waals surface area contributed by atoms with Gasteiger partial charge in [-0.1, -0.05) is 6.42 Å². The Hall–Kier alpha value is 0.220. The minimum absolute atomic E-state index is 0.287. The summed E-state index contributed by atoms with van der Waals surface area (Å²) in [5.41, 5.74) is 0. The summed E-state index contributed by atoms with van der Waals surface area (Å²) in [6, 6.07) is 0.912. The molecule has 0 spiro atoms. The maximum absolute atomic E-state index is 11.9. The molecule has 0 radical (unpaired) electrons. The smallest absolute Gasteiger partial charge is 0.164 e. The zero-order chi connectivity index (χ0) is 13.9.